The molecule has 7 nitrogen and oxygen atoms in total. The highest BCUT2D eigenvalue weighted by molar-refractivity contribution is 7.93. The fourth-order valence-corrected chi connectivity index (χ4v) is 5.72. The first-order chi connectivity index (χ1) is 11.0. The molecule has 0 N–H and O–H groups in total. The second-order valence-electron chi connectivity index (χ2n) is 6.03. The molecular weight excluding hydrogens is 320 g/mol. The number of likely N-dealkylation sites (tertiary alicyclic amines) is 1. The van der Waals surface area contributed by atoms with E-state index in [1.165, 1.54) is 7.11 Å². The fourth-order valence-electron chi connectivity index (χ4n) is 3.32. The van der Waals surface area contributed by atoms with Crippen LogP contribution >= 0.6 is 0 Å². The van der Waals surface area contributed by atoms with Crippen molar-refractivity contribution in [1.82, 2.24) is 9.88 Å². The number of aromatic nitrogens is 1. The summed E-state index contributed by atoms with van der Waals surface area (Å²) in [7, 11) is -1.77. The summed E-state index contributed by atoms with van der Waals surface area (Å²) in [6.45, 7) is 0.731. The van der Waals surface area contributed by atoms with E-state index in [1.54, 1.807) is 23.2 Å². The summed E-state index contributed by atoms with van der Waals surface area (Å²) in [5.74, 6) is 0.333. The topological polar surface area (TPSA) is 85.8 Å². The molecule has 3 rings (SSSR count). The number of carbonyl (C=O) groups is 1. The minimum atomic E-state index is -3.22. The summed E-state index contributed by atoms with van der Waals surface area (Å²) in [5.41, 5.74) is 0. The van der Waals surface area contributed by atoms with Crippen molar-refractivity contribution in [3.8, 4) is 5.88 Å². The zero-order valence-corrected chi connectivity index (χ0v) is 13.8. The lowest BCUT2D eigenvalue weighted by molar-refractivity contribution is -0.141. The lowest BCUT2D eigenvalue weighted by atomic mass is 9.83. The van der Waals surface area contributed by atoms with E-state index in [1.807, 2.05) is 6.07 Å². The lowest BCUT2D eigenvalue weighted by Gasteiger charge is -2.49. The third-order valence-electron chi connectivity index (χ3n) is 4.71. The number of carbonyl (C=O) groups excluding carboxylic acids is 1. The Bertz CT molecular complexity index is 670. The highest BCUT2D eigenvalue weighted by Gasteiger charge is 2.62. The SMILES string of the molecule is COCC(=O)N1CC2(C1)[C@@H](COc1ccccn1)CCS2(=O)=O. The summed E-state index contributed by atoms with van der Waals surface area (Å²) in [4.78, 5) is 17.5. The molecule has 8 heteroatoms. The van der Waals surface area contributed by atoms with Gasteiger partial charge >= 0.3 is 0 Å². The molecule has 1 atom stereocenters. The van der Waals surface area contributed by atoms with Gasteiger partial charge in [0, 0.05) is 38.4 Å². The standard InChI is InChI=1S/C15H20N2O5S/c1-21-9-14(18)17-10-15(11-17)12(5-7-23(15,19)20)8-22-13-4-2-3-6-16-13/h2-4,6,12H,5,7-11H2,1H3/t12-/m1/s1. The van der Waals surface area contributed by atoms with E-state index in [-0.39, 0.29) is 37.3 Å². The van der Waals surface area contributed by atoms with Gasteiger partial charge in [0.15, 0.2) is 9.84 Å². The molecule has 0 saturated carbocycles. The van der Waals surface area contributed by atoms with Gasteiger partial charge in [-0.05, 0) is 12.5 Å². The van der Waals surface area contributed by atoms with Crippen molar-refractivity contribution in [1.29, 1.82) is 0 Å². The molecule has 1 spiro atoms. The summed E-state index contributed by atoms with van der Waals surface area (Å²) >= 11 is 0. The molecule has 0 unspecified atom stereocenters. The molecule has 0 bridgehead atoms. The third-order valence-corrected chi connectivity index (χ3v) is 7.31. The molecule has 0 aromatic carbocycles. The number of ether oxygens (including phenoxy) is 2. The maximum absolute atomic E-state index is 12.5. The Morgan fingerprint density at radius 3 is 2.87 bits per heavy atom. The first kappa shape index (κ1) is 16.2. The van der Waals surface area contributed by atoms with E-state index in [0.717, 1.165) is 0 Å². The second-order valence-corrected chi connectivity index (χ2v) is 8.48. The molecule has 3 heterocycles. The normalized spacial score (nSPS) is 24.4. The van der Waals surface area contributed by atoms with Crippen LogP contribution in [0.25, 0.3) is 0 Å². The van der Waals surface area contributed by atoms with Crippen LogP contribution in [0.2, 0.25) is 0 Å². The summed E-state index contributed by atoms with van der Waals surface area (Å²) in [6.07, 6.45) is 2.19. The van der Waals surface area contributed by atoms with Crippen LogP contribution < -0.4 is 4.74 Å². The summed E-state index contributed by atoms with van der Waals surface area (Å²) < 4.78 is 34.6. The Morgan fingerprint density at radius 2 is 2.22 bits per heavy atom. The Labute approximate surface area is 135 Å². The van der Waals surface area contributed by atoms with Gasteiger partial charge in [0.1, 0.15) is 11.4 Å². The number of methoxy groups -OCH3 is 1. The Hall–Kier alpha value is -1.67. The second kappa shape index (κ2) is 6.09. The van der Waals surface area contributed by atoms with Crippen molar-refractivity contribution < 1.29 is 22.7 Å². The molecule has 0 radical (unpaired) electrons. The molecule has 2 aliphatic heterocycles. The average Bonchev–Trinajstić information content (AvgIpc) is 2.75. The first-order valence-corrected chi connectivity index (χ1v) is 9.16. The first-order valence-electron chi connectivity index (χ1n) is 7.51. The monoisotopic (exact) mass is 340 g/mol. The van der Waals surface area contributed by atoms with Gasteiger partial charge in [-0.3, -0.25) is 4.79 Å². The van der Waals surface area contributed by atoms with E-state index < -0.39 is 14.6 Å². The minimum absolute atomic E-state index is 0.0226. The van der Waals surface area contributed by atoms with Crippen LogP contribution in [0.1, 0.15) is 6.42 Å². The van der Waals surface area contributed by atoms with Gasteiger partial charge in [0.25, 0.3) is 0 Å². The minimum Gasteiger partial charge on any atom is -0.477 e. The van der Waals surface area contributed by atoms with Crippen LogP contribution in [0, 0.1) is 5.92 Å². The molecule has 0 aliphatic carbocycles. The number of hydrogen-bond acceptors (Lipinski definition) is 6. The lowest BCUT2D eigenvalue weighted by Crippen LogP contribution is -2.69. The zero-order valence-electron chi connectivity index (χ0n) is 13.0. The van der Waals surface area contributed by atoms with E-state index >= 15 is 0 Å². The fraction of sp³-hybridized carbons (Fsp3) is 0.600. The molecular formula is C15H20N2O5S. The van der Waals surface area contributed by atoms with Gasteiger partial charge in [-0.25, -0.2) is 13.4 Å². The molecule has 1 aromatic rings. The molecule has 1 aromatic heterocycles. The Balaban J connectivity index is 1.68. The van der Waals surface area contributed by atoms with Crippen molar-refractivity contribution in [2.75, 3.05) is 39.2 Å². The number of amides is 1. The molecule has 2 aliphatic rings. The number of sulfone groups is 1. The van der Waals surface area contributed by atoms with Crippen molar-refractivity contribution in [2.45, 2.75) is 11.2 Å². The van der Waals surface area contributed by atoms with Gasteiger partial charge in [-0.1, -0.05) is 6.07 Å². The van der Waals surface area contributed by atoms with Gasteiger partial charge in [0.2, 0.25) is 11.8 Å². The third kappa shape index (κ3) is 2.81. The van der Waals surface area contributed by atoms with E-state index in [4.69, 9.17) is 9.47 Å². The number of pyridine rings is 1. The predicted molar refractivity (Wildman–Crippen MR) is 82.8 cm³/mol. The molecule has 2 fully saturated rings. The van der Waals surface area contributed by atoms with Crippen LogP contribution in [0.3, 0.4) is 0 Å². The number of nitrogens with zero attached hydrogens (tertiary/aromatic N) is 2. The van der Waals surface area contributed by atoms with Gasteiger partial charge in [-0.2, -0.15) is 0 Å². The predicted octanol–water partition coefficient (Wildman–Crippen LogP) is 0.123. The largest absolute Gasteiger partial charge is 0.477 e. The number of hydrogen-bond donors (Lipinski definition) is 0. The highest BCUT2D eigenvalue weighted by Crippen LogP contribution is 2.44. The Kier molecular flexibility index (Phi) is 4.29. The van der Waals surface area contributed by atoms with Crippen LogP contribution in [0.4, 0.5) is 0 Å². The van der Waals surface area contributed by atoms with Crippen LogP contribution in [0.5, 0.6) is 5.88 Å². The smallest absolute Gasteiger partial charge is 0.248 e. The van der Waals surface area contributed by atoms with Gasteiger partial charge in [-0.15, -0.1) is 0 Å². The van der Waals surface area contributed by atoms with E-state index in [9.17, 15) is 13.2 Å². The van der Waals surface area contributed by atoms with Crippen molar-refractivity contribution >= 4 is 15.7 Å². The Morgan fingerprint density at radius 1 is 1.43 bits per heavy atom. The maximum Gasteiger partial charge on any atom is 0.248 e. The average molecular weight is 340 g/mol. The molecule has 23 heavy (non-hydrogen) atoms. The van der Waals surface area contributed by atoms with Crippen LogP contribution in [0.15, 0.2) is 24.4 Å². The highest BCUT2D eigenvalue weighted by atomic mass is 32.2. The van der Waals surface area contributed by atoms with Gasteiger partial charge in [0.05, 0.1) is 12.4 Å². The zero-order chi connectivity index (χ0) is 16.5. The van der Waals surface area contributed by atoms with Crippen LogP contribution in [-0.4, -0.2) is 68.1 Å². The summed E-state index contributed by atoms with van der Waals surface area (Å²) in [5, 5.41) is 0. The molecule has 126 valence electrons. The quantitative estimate of drug-likeness (QED) is 0.757. The maximum atomic E-state index is 12.5. The summed E-state index contributed by atoms with van der Waals surface area (Å²) in [6, 6.07) is 5.35. The van der Waals surface area contributed by atoms with Crippen molar-refractivity contribution in [3.63, 3.8) is 0 Å². The molecule has 1 amide bonds. The van der Waals surface area contributed by atoms with E-state index in [0.29, 0.717) is 18.9 Å². The number of rotatable bonds is 5. The van der Waals surface area contributed by atoms with E-state index in [2.05, 4.69) is 4.98 Å². The van der Waals surface area contributed by atoms with Crippen LogP contribution in [-0.2, 0) is 19.4 Å². The van der Waals surface area contributed by atoms with Gasteiger partial charge < -0.3 is 14.4 Å². The van der Waals surface area contributed by atoms with Crippen molar-refractivity contribution in [3.05, 3.63) is 24.4 Å². The van der Waals surface area contributed by atoms with Crippen molar-refractivity contribution in [2.24, 2.45) is 5.92 Å². The molecule has 2 saturated heterocycles.